The van der Waals surface area contributed by atoms with Crippen molar-refractivity contribution in [2.24, 2.45) is 0 Å². The number of anilines is 1. The van der Waals surface area contributed by atoms with Gasteiger partial charge in [-0.15, -0.1) is 0 Å². The molecule has 0 spiro atoms. The van der Waals surface area contributed by atoms with E-state index in [0.29, 0.717) is 23.3 Å². The van der Waals surface area contributed by atoms with Crippen LogP contribution in [0.3, 0.4) is 0 Å². The second-order valence-corrected chi connectivity index (χ2v) is 3.46. The van der Waals surface area contributed by atoms with Gasteiger partial charge in [-0.2, -0.15) is 0 Å². The number of fused-ring (bicyclic) bond motifs is 1. The molecule has 0 aromatic heterocycles. The van der Waals surface area contributed by atoms with E-state index in [9.17, 15) is 9.59 Å². The number of carbonyl (C=O) groups is 2. The lowest BCUT2D eigenvalue weighted by atomic mass is 10.1. The van der Waals surface area contributed by atoms with E-state index in [1.165, 1.54) is 6.92 Å². The van der Waals surface area contributed by atoms with Crippen LogP contribution in [0.25, 0.3) is 0 Å². The molecular weight excluding hydrogens is 194 g/mol. The Kier molecular flexibility index (Phi) is 2.19. The van der Waals surface area contributed by atoms with E-state index in [1.54, 1.807) is 30.1 Å². The van der Waals surface area contributed by atoms with E-state index in [-0.39, 0.29) is 5.78 Å². The minimum absolute atomic E-state index is 0.0335. The predicted molar refractivity (Wildman–Crippen MR) is 55.3 cm³/mol. The summed E-state index contributed by atoms with van der Waals surface area (Å²) in [6.07, 6.45) is 0.0877. The number of hydrogen-bond donors (Lipinski definition) is 0. The van der Waals surface area contributed by atoms with E-state index in [1.807, 2.05) is 0 Å². The van der Waals surface area contributed by atoms with Gasteiger partial charge in [-0.3, -0.25) is 9.59 Å². The van der Waals surface area contributed by atoms with Gasteiger partial charge in [-0.25, -0.2) is 0 Å². The third kappa shape index (κ3) is 1.38. The number of likely N-dealkylation sites (N-methyl/N-ethyl adjacent to an activating group) is 1. The van der Waals surface area contributed by atoms with Gasteiger partial charge in [0.2, 0.25) is 6.23 Å². The first-order valence-electron chi connectivity index (χ1n) is 4.64. The summed E-state index contributed by atoms with van der Waals surface area (Å²) in [6, 6.07) is 5.23. The molecule has 4 nitrogen and oxygen atoms in total. The molecule has 0 N–H and O–H groups in total. The van der Waals surface area contributed by atoms with Gasteiger partial charge >= 0.3 is 0 Å². The minimum Gasteiger partial charge on any atom is -0.461 e. The van der Waals surface area contributed by atoms with Crippen molar-refractivity contribution in [3.8, 4) is 5.75 Å². The van der Waals surface area contributed by atoms with Gasteiger partial charge in [-0.1, -0.05) is 6.07 Å². The van der Waals surface area contributed by atoms with E-state index in [4.69, 9.17) is 4.74 Å². The van der Waals surface area contributed by atoms with Gasteiger partial charge in [0.15, 0.2) is 12.1 Å². The molecule has 1 aromatic rings. The average molecular weight is 205 g/mol. The van der Waals surface area contributed by atoms with Gasteiger partial charge in [-0.05, 0) is 19.1 Å². The van der Waals surface area contributed by atoms with Crippen LogP contribution in [0.1, 0.15) is 17.3 Å². The van der Waals surface area contributed by atoms with Crippen molar-refractivity contribution in [1.29, 1.82) is 0 Å². The van der Waals surface area contributed by atoms with Gasteiger partial charge < -0.3 is 9.64 Å². The smallest absolute Gasteiger partial charge is 0.228 e. The number of nitrogens with zero attached hydrogens (tertiary/aromatic N) is 1. The molecule has 0 amide bonds. The highest BCUT2D eigenvalue weighted by Gasteiger charge is 2.30. The molecule has 1 aliphatic heterocycles. The molecule has 1 heterocycles. The largest absolute Gasteiger partial charge is 0.461 e. The highest BCUT2D eigenvalue weighted by atomic mass is 16.5. The second kappa shape index (κ2) is 3.38. The molecule has 0 radical (unpaired) electrons. The molecular formula is C11H11NO3. The zero-order chi connectivity index (χ0) is 11.0. The molecule has 0 saturated carbocycles. The third-order valence-corrected chi connectivity index (χ3v) is 2.48. The Bertz CT molecular complexity index is 428. The first-order chi connectivity index (χ1) is 7.15. The summed E-state index contributed by atoms with van der Waals surface area (Å²) < 4.78 is 5.36. The molecule has 1 unspecified atom stereocenters. The summed E-state index contributed by atoms with van der Waals surface area (Å²) >= 11 is 0. The van der Waals surface area contributed by atoms with Gasteiger partial charge in [0.05, 0.1) is 5.69 Å². The van der Waals surface area contributed by atoms with Gasteiger partial charge in [0, 0.05) is 12.6 Å². The summed E-state index contributed by atoms with van der Waals surface area (Å²) in [5, 5.41) is 0. The molecule has 1 aromatic carbocycles. The van der Waals surface area contributed by atoms with E-state index in [0.717, 1.165) is 0 Å². The average Bonchev–Trinajstić information content (AvgIpc) is 2.55. The molecule has 4 heteroatoms. The Hall–Kier alpha value is -1.84. The second-order valence-electron chi connectivity index (χ2n) is 3.46. The number of aldehydes is 1. The highest BCUT2D eigenvalue weighted by Crippen LogP contribution is 2.38. The SMILES string of the molecule is CC(=O)c1cccc2c1N(C)C(C=O)O2. The van der Waals surface area contributed by atoms with Crippen molar-refractivity contribution < 1.29 is 14.3 Å². The zero-order valence-corrected chi connectivity index (χ0v) is 8.56. The standard InChI is InChI=1S/C11H11NO3/c1-7(14)8-4-3-5-9-11(8)12(2)10(6-13)15-9/h3-6,10H,1-2H3. The van der Waals surface area contributed by atoms with Crippen LogP contribution in [0.2, 0.25) is 0 Å². The van der Waals surface area contributed by atoms with E-state index in [2.05, 4.69) is 0 Å². The van der Waals surface area contributed by atoms with Gasteiger partial charge in [0.1, 0.15) is 5.75 Å². The summed E-state index contributed by atoms with van der Waals surface area (Å²) in [6.45, 7) is 1.50. The fraction of sp³-hybridized carbons (Fsp3) is 0.273. The molecule has 15 heavy (non-hydrogen) atoms. The van der Waals surface area contributed by atoms with Crippen LogP contribution < -0.4 is 9.64 Å². The number of ether oxygens (including phenoxy) is 1. The van der Waals surface area contributed by atoms with Crippen molar-refractivity contribution in [2.45, 2.75) is 13.2 Å². The van der Waals surface area contributed by atoms with Crippen LogP contribution >= 0.6 is 0 Å². The lowest BCUT2D eigenvalue weighted by Crippen LogP contribution is -2.32. The number of Topliss-reactive ketones (excluding diaryl/α,β-unsaturated/α-hetero) is 1. The summed E-state index contributed by atoms with van der Waals surface area (Å²) in [5.41, 5.74) is 1.28. The fourth-order valence-electron chi connectivity index (χ4n) is 1.72. The normalized spacial score (nSPS) is 18.3. The van der Waals surface area contributed by atoms with Crippen LogP contribution in [0.4, 0.5) is 5.69 Å². The Morgan fingerprint density at radius 1 is 1.53 bits per heavy atom. The number of hydrogen-bond acceptors (Lipinski definition) is 4. The van der Waals surface area contributed by atoms with E-state index < -0.39 is 6.23 Å². The zero-order valence-electron chi connectivity index (χ0n) is 8.56. The van der Waals surface area contributed by atoms with Crippen LogP contribution in [0, 0.1) is 0 Å². The Labute approximate surface area is 87.4 Å². The summed E-state index contributed by atoms with van der Waals surface area (Å²) in [5.74, 6) is 0.552. The topological polar surface area (TPSA) is 46.6 Å². The maximum absolute atomic E-state index is 11.4. The molecule has 0 fully saturated rings. The molecule has 0 aliphatic carbocycles. The molecule has 0 bridgehead atoms. The van der Waals surface area contributed by atoms with Crippen LogP contribution in [0.5, 0.6) is 5.75 Å². The monoisotopic (exact) mass is 205 g/mol. The predicted octanol–water partition coefficient (Wildman–Crippen LogP) is 1.24. The van der Waals surface area contributed by atoms with Crippen molar-refractivity contribution in [2.75, 3.05) is 11.9 Å². The lowest BCUT2D eigenvalue weighted by molar-refractivity contribution is -0.113. The quantitative estimate of drug-likeness (QED) is 0.538. The van der Waals surface area contributed by atoms with Crippen molar-refractivity contribution in [3.05, 3.63) is 23.8 Å². The third-order valence-electron chi connectivity index (χ3n) is 2.48. The highest BCUT2D eigenvalue weighted by molar-refractivity contribution is 6.02. The first-order valence-corrected chi connectivity index (χ1v) is 4.64. The Morgan fingerprint density at radius 3 is 2.87 bits per heavy atom. The molecule has 0 saturated heterocycles. The summed E-state index contributed by atoms with van der Waals surface area (Å²) in [7, 11) is 1.73. The molecule has 2 rings (SSSR count). The lowest BCUT2D eigenvalue weighted by Gasteiger charge is -2.15. The molecule has 78 valence electrons. The van der Waals surface area contributed by atoms with E-state index >= 15 is 0 Å². The Morgan fingerprint density at radius 2 is 2.27 bits per heavy atom. The fourth-order valence-corrected chi connectivity index (χ4v) is 1.72. The number of carbonyl (C=O) groups excluding carboxylic acids is 2. The number of para-hydroxylation sites is 1. The van der Waals surface area contributed by atoms with Crippen molar-refractivity contribution in [3.63, 3.8) is 0 Å². The summed E-state index contributed by atoms with van der Waals surface area (Å²) in [4.78, 5) is 23.8. The Balaban J connectivity index is 2.55. The number of benzene rings is 1. The maximum atomic E-state index is 11.4. The molecule has 1 aliphatic rings. The first kappa shape index (κ1) is 9.71. The van der Waals surface area contributed by atoms with Crippen LogP contribution in [-0.2, 0) is 4.79 Å². The number of ketones is 1. The number of rotatable bonds is 2. The maximum Gasteiger partial charge on any atom is 0.228 e. The minimum atomic E-state index is -0.625. The van der Waals surface area contributed by atoms with Crippen molar-refractivity contribution in [1.82, 2.24) is 0 Å². The van der Waals surface area contributed by atoms with Gasteiger partial charge in [0.25, 0.3) is 0 Å². The van der Waals surface area contributed by atoms with Crippen LogP contribution in [0.15, 0.2) is 18.2 Å². The van der Waals surface area contributed by atoms with Crippen LogP contribution in [-0.4, -0.2) is 25.3 Å². The van der Waals surface area contributed by atoms with Crippen molar-refractivity contribution >= 4 is 17.8 Å². The molecule has 1 atom stereocenters.